The molecule has 2 aliphatic heterocycles. The molecule has 3 nitrogen and oxygen atoms in total. The van der Waals surface area contributed by atoms with E-state index in [0.717, 1.165) is 52.1 Å². The fraction of sp³-hybridized carbons (Fsp3) is 0.667. The summed E-state index contributed by atoms with van der Waals surface area (Å²) in [5.74, 6) is 0.421. The largest absolute Gasteiger partial charge is 0.416 e. The average Bonchev–Trinajstić information content (AvgIpc) is 3.08. The molecule has 2 heterocycles. The van der Waals surface area contributed by atoms with Crippen LogP contribution in [-0.4, -0.2) is 43.8 Å². The van der Waals surface area contributed by atoms with Gasteiger partial charge in [-0.1, -0.05) is 18.2 Å². The summed E-state index contributed by atoms with van der Waals surface area (Å²) in [5, 5.41) is 3.38. The van der Waals surface area contributed by atoms with Crippen LogP contribution in [0.2, 0.25) is 0 Å². The Morgan fingerprint density at radius 2 is 2.04 bits per heavy atom. The van der Waals surface area contributed by atoms with Gasteiger partial charge in [-0.05, 0) is 43.4 Å². The van der Waals surface area contributed by atoms with E-state index in [1.54, 1.807) is 12.1 Å². The van der Waals surface area contributed by atoms with Crippen LogP contribution in [0.25, 0.3) is 0 Å². The number of ether oxygens (including phenoxy) is 1. The van der Waals surface area contributed by atoms with Crippen molar-refractivity contribution in [1.82, 2.24) is 10.2 Å². The Morgan fingerprint density at radius 1 is 1.21 bits per heavy atom. The summed E-state index contributed by atoms with van der Waals surface area (Å²) in [4.78, 5) is 2.23. The maximum absolute atomic E-state index is 13.3. The van der Waals surface area contributed by atoms with Crippen LogP contribution in [0.3, 0.4) is 0 Å². The third-order valence-corrected chi connectivity index (χ3v) is 5.00. The molecule has 1 aromatic rings. The molecule has 0 amide bonds. The highest BCUT2D eigenvalue weighted by Gasteiger charge is 2.34. The summed E-state index contributed by atoms with van der Waals surface area (Å²) >= 11 is 0. The van der Waals surface area contributed by atoms with Gasteiger partial charge in [0.05, 0.1) is 12.2 Å². The van der Waals surface area contributed by atoms with E-state index >= 15 is 0 Å². The van der Waals surface area contributed by atoms with Crippen molar-refractivity contribution < 1.29 is 17.9 Å². The molecule has 2 fully saturated rings. The fourth-order valence-corrected chi connectivity index (χ4v) is 3.70. The number of hydrogen-bond donors (Lipinski definition) is 1. The van der Waals surface area contributed by atoms with Crippen molar-refractivity contribution >= 4 is 0 Å². The zero-order valence-corrected chi connectivity index (χ0v) is 13.8. The summed E-state index contributed by atoms with van der Waals surface area (Å²) in [6.07, 6.45) is -1.20. The second kappa shape index (κ2) is 7.85. The van der Waals surface area contributed by atoms with Gasteiger partial charge in [0.15, 0.2) is 0 Å². The Morgan fingerprint density at radius 3 is 2.71 bits per heavy atom. The SMILES string of the molecule is FC(F)(F)c1ccccc1CN(CC1CCOC1)[C@H]1CCCNC1. The van der Waals surface area contributed by atoms with Crippen molar-refractivity contribution in [1.29, 1.82) is 0 Å². The van der Waals surface area contributed by atoms with E-state index in [0.29, 0.717) is 24.1 Å². The summed E-state index contributed by atoms with van der Waals surface area (Å²) in [7, 11) is 0. The first-order chi connectivity index (χ1) is 11.5. The van der Waals surface area contributed by atoms with Crippen molar-refractivity contribution in [2.24, 2.45) is 5.92 Å². The van der Waals surface area contributed by atoms with Gasteiger partial charge >= 0.3 is 6.18 Å². The first kappa shape index (κ1) is 17.7. The highest BCUT2D eigenvalue weighted by Crippen LogP contribution is 2.33. The molecule has 0 saturated carbocycles. The lowest BCUT2D eigenvalue weighted by atomic mass is 10.00. The zero-order valence-electron chi connectivity index (χ0n) is 13.8. The molecule has 0 spiro atoms. The summed E-state index contributed by atoms with van der Waals surface area (Å²) in [6.45, 7) is 4.48. The van der Waals surface area contributed by atoms with Crippen molar-refractivity contribution in [2.75, 3.05) is 32.8 Å². The molecule has 3 rings (SSSR count). The summed E-state index contributed by atoms with van der Waals surface area (Å²) in [5.41, 5.74) is -0.143. The first-order valence-electron chi connectivity index (χ1n) is 8.71. The van der Waals surface area contributed by atoms with Crippen molar-refractivity contribution in [2.45, 2.75) is 38.0 Å². The van der Waals surface area contributed by atoms with Crippen LogP contribution in [0.4, 0.5) is 13.2 Å². The van der Waals surface area contributed by atoms with Gasteiger partial charge in [-0.3, -0.25) is 4.90 Å². The van der Waals surface area contributed by atoms with E-state index in [1.807, 2.05) is 0 Å². The molecular weight excluding hydrogens is 317 g/mol. The minimum absolute atomic E-state index is 0.292. The molecular formula is C18H25F3N2O. The van der Waals surface area contributed by atoms with E-state index in [4.69, 9.17) is 4.74 Å². The standard InChI is InChI=1S/C18H25F3N2O/c19-18(20,21)17-6-2-1-4-15(17)12-23(11-14-7-9-24-13-14)16-5-3-8-22-10-16/h1-2,4,6,14,16,22H,3,5,7-13H2/t14?,16-/m0/s1. The molecule has 1 aromatic carbocycles. The summed E-state index contributed by atoms with van der Waals surface area (Å²) < 4.78 is 45.3. The minimum atomic E-state index is -4.30. The number of benzene rings is 1. The second-order valence-corrected chi connectivity index (χ2v) is 6.81. The van der Waals surface area contributed by atoms with Crippen LogP contribution >= 0.6 is 0 Å². The molecule has 6 heteroatoms. The van der Waals surface area contributed by atoms with E-state index in [9.17, 15) is 13.2 Å². The quantitative estimate of drug-likeness (QED) is 0.889. The number of piperidine rings is 1. The Balaban J connectivity index is 1.78. The highest BCUT2D eigenvalue weighted by atomic mass is 19.4. The molecule has 2 saturated heterocycles. The van der Waals surface area contributed by atoms with Crippen molar-refractivity contribution in [3.8, 4) is 0 Å². The van der Waals surface area contributed by atoms with Crippen molar-refractivity contribution in [3.63, 3.8) is 0 Å². The third kappa shape index (κ3) is 4.49. The number of rotatable bonds is 5. The van der Waals surface area contributed by atoms with Gasteiger partial charge in [0.2, 0.25) is 0 Å². The van der Waals surface area contributed by atoms with Crippen LogP contribution < -0.4 is 5.32 Å². The first-order valence-corrected chi connectivity index (χ1v) is 8.71. The number of nitrogens with zero attached hydrogens (tertiary/aromatic N) is 1. The van der Waals surface area contributed by atoms with Gasteiger partial charge in [0, 0.05) is 32.3 Å². The lowest BCUT2D eigenvalue weighted by Crippen LogP contribution is -2.47. The maximum Gasteiger partial charge on any atom is 0.416 e. The van der Waals surface area contributed by atoms with Crippen LogP contribution in [0, 0.1) is 5.92 Å². The Hall–Kier alpha value is -1.11. The van der Waals surface area contributed by atoms with E-state index in [1.165, 1.54) is 12.1 Å². The Labute approximate surface area is 141 Å². The highest BCUT2D eigenvalue weighted by molar-refractivity contribution is 5.29. The van der Waals surface area contributed by atoms with Gasteiger partial charge in [0.1, 0.15) is 0 Å². The fourth-order valence-electron chi connectivity index (χ4n) is 3.70. The molecule has 1 N–H and O–H groups in total. The molecule has 0 radical (unpaired) electrons. The summed E-state index contributed by atoms with van der Waals surface area (Å²) in [6, 6.07) is 6.24. The minimum Gasteiger partial charge on any atom is -0.381 e. The molecule has 0 bridgehead atoms. The number of alkyl halides is 3. The lowest BCUT2D eigenvalue weighted by Gasteiger charge is -2.36. The molecule has 2 aliphatic rings. The second-order valence-electron chi connectivity index (χ2n) is 6.81. The Bertz CT molecular complexity index is 523. The average molecular weight is 342 g/mol. The van der Waals surface area contributed by atoms with Gasteiger partial charge in [-0.25, -0.2) is 0 Å². The van der Waals surface area contributed by atoms with Gasteiger partial charge in [-0.2, -0.15) is 13.2 Å². The zero-order chi connectivity index (χ0) is 17.0. The predicted molar refractivity (Wildman–Crippen MR) is 86.7 cm³/mol. The molecule has 1 unspecified atom stereocenters. The van der Waals surface area contributed by atoms with E-state index < -0.39 is 11.7 Å². The number of nitrogens with one attached hydrogen (secondary N) is 1. The number of halogens is 3. The van der Waals surface area contributed by atoms with E-state index in [2.05, 4.69) is 10.2 Å². The maximum atomic E-state index is 13.3. The van der Waals surface area contributed by atoms with Crippen LogP contribution in [-0.2, 0) is 17.5 Å². The smallest absolute Gasteiger partial charge is 0.381 e. The molecule has 134 valence electrons. The predicted octanol–water partition coefficient (Wildman–Crippen LogP) is 3.30. The molecule has 24 heavy (non-hydrogen) atoms. The van der Waals surface area contributed by atoms with Crippen LogP contribution in [0.15, 0.2) is 24.3 Å². The third-order valence-electron chi connectivity index (χ3n) is 5.00. The normalized spacial score (nSPS) is 25.3. The lowest BCUT2D eigenvalue weighted by molar-refractivity contribution is -0.138. The van der Waals surface area contributed by atoms with Crippen LogP contribution in [0.5, 0.6) is 0 Å². The topological polar surface area (TPSA) is 24.5 Å². The number of hydrogen-bond acceptors (Lipinski definition) is 3. The molecule has 0 aliphatic carbocycles. The van der Waals surface area contributed by atoms with Crippen LogP contribution in [0.1, 0.15) is 30.4 Å². The van der Waals surface area contributed by atoms with Gasteiger partial charge < -0.3 is 10.1 Å². The van der Waals surface area contributed by atoms with Gasteiger partial charge in [0.25, 0.3) is 0 Å². The molecule has 0 aromatic heterocycles. The van der Waals surface area contributed by atoms with E-state index in [-0.39, 0.29) is 0 Å². The van der Waals surface area contributed by atoms with Gasteiger partial charge in [-0.15, -0.1) is 0 Å². The monoisotopic (exact) mass is 342 g/mol. The molecule has 2 atom stereocenters. The van der Waals surface area contributed by atoms with Crippen molar-refractivity contribution in [3.05, 3.63) is 35.4 Å². The Kier molecular flexibility index (Phi) is 5.79.